The Morgan fingerprint density at radius 3 is 2.07 bits per heavy atom. The van der Waals surface area contributed by atoms with E-state index < -0.39 is 0 Å². The standard InChI is InChI=1S/C24H20N2O/c1-27-24-22(26-20-13-8-16-25-17-20)15-14-21(18-9-4-2-5-10-18)23(24)19-11-6-3-7-12-19/h2-17,26H,1H3. The number of methoxy groups -OCH3 is 1. The largest absolute Gasteiger partial charge is 0.494 e. The molecule has 3 nitrogen and oxygen atoms in total. The molecule has 3 heteroatoms. The Hall–Kier alpha value is -3.59. The molecule has 0 aliphatic rings. The van der Waals surface area contributed by atoms with Gasteiger partial charge >= 0.3 is 0 Å². The van der Waals surface area contributed by atoms with Crippen LogP contribution in [0.3, 0.4) is 0 Å². The van der Waals surface area contributed by atoms with Gasteiger partial charge in [0.25, 0.3) is 0 Å². The highest BCUT2D eigenvalue weighted by Crippen LogP contribution is 2.44. The minimum Gasteiger partial charge on any atom is -0.494 e. The Balaban J connectivity index is 1.91. The number of pyridine rings is 1. The zero-order chi connectivity index (χ0) is 18.5. The topological polar surface area (TPSA) is 34.1 Å². The van der Waals surface area contributed by atoms with Crippen molar-refractivity contribution >= 4 is 11.4 Å². The SMILES string of the molecule is COc1c(Nc2cccnc2)ccc(-c2ccccc2)c1-c1ccccc1. The highest BCUT2D eigenvalue weighted by molar-refractivity contribution is 5.92. The van der Waals surface area contributed by atoms with Crippen LogP contribution in [-0.4, -0.2) is 12.1 Å². The second-order valence-corrected chi connectivity index (χ2v) is 6.17. The van der Waals surface area contributed by atoms with Gasteiger partial charge in [0.2, 0.25) is 0 Å². The molecular weight excluding hydrogens is 332 g/mol. The summed E-state index contributed by atoms with van der Waals surface area (Å²) >= 11 is 0. The van der Waals surface area contributed by atoms with E-state index >= 15 is 0 Å². The Morgan fingerprint density at radius 1 is 0.741 bits per heavy atom. The van der Waals surface area contributed by atoms with Crippen LogP contribution in [0.5, 0.6) is 5.75 Å². The van der Waals surface area contributed by atoms with Crippen molar-refractivity contribution in [3.63, 3.8) is 0 Å². The predicted octanol–water partition coefficient (Wildman–Crippen LogP) is 6.17. The van der Waals surface area contributed by atoms with Gasteiger partial charge in [0.1, 0.15) is 0 Å². The van der Waals surface area contributed by atoms with Crippen LogP contribution in [0.2, 0.25) is 0 Å². The minimum absolute atomic E-state index is 0.811. The van der Waals surface area contributed by atoms with Crippen LogP contribution in [0.4, 0.5) is 11.4 Å². The number of ether oxygens (including phenoxy) is 1. The third-order valence-corrected chi connectivity index (χ3v) is 4.45. The Bertz CT molecular complexity index is 1020. The number of aromatic nitrogens is 1. The number of rotatable bonds is 5. The summed E-state index contributed by atoms with van der Waals surface area (Å²) in [6.07, 6.45) is 3.56. The van der Waals surface area contributed by atoms with Gasteiger partial charge in [0.15, 0.2) is 5.75 Å². The Morgan fingerprint density at radius 2 is 1.44 bits per heavy atom. The van der Waals surface area contributed by atoms with Crippen LogP contribution >= 0.6 is 0 Å². The van der Waals surface area contributed by atoms with E-state index in [1.165, 1.54) is 0 Å². The van der Waals surface area contributed by atoms with E-state index in [1.54, 1.807) is 19.5 Å². The van der Waals surface area contributed by atoms with Crippen LogP contribution in [0.1, 0.15) is 0 Å². The van der Waals surface area contributed by atoms with E-state index in [2.05, 4.69) is 58.8 Å². The quantitative estimate of drug-likeness (QED) is 0.466. The minimum atomic E-state index is 0.811. The fraction of sp³-hybridized carbons (Fsp3) is 0.0417. The molecule has 0 aliphatic heterocycles. The monoisotopic (exact) mass is 352 g/mol. The first-order chi connectivity index (χ1) is 13.4. The van der Waals surface area contributed by atoms with Gasteiger partial charge in [-0.3, -0.25) is 4.98 Å². The fourth-order valence-electron chi connectivity index (χ4n) is 3.24. The van der Waals surface area contributed by atoms with Gasteiger partial charge in [0, 0.05) is 11.8 Å². The van der Waals surface area contributed by atoms with Gasteiger partial charge < -0.3 is 10.1 Å². The van der Waals surface area contributed by atoms with Crippen LogP contribution in [0.15, 0.2) is 97.3 Å². The third kappa shape index (κ3) is 3.53. The molecule has 132 valence electrons. The van der Waals surface area contributed by atoms with E-state index in [1.807, 2.05) is 36.4 Å². The average molecular weight is 352 g/mol. The van der Waals surface area contributed by atoms with E-state index in [0.29, 0.717) is 0 Å². The second-order valence-electron chi connectivity index (χ2n) is 6.17. The molecule has 27 heavy (non-hydrogen) atoms. The van der Waals surface area contributed by atoms with Crippen LogP contribution in [0, 0.1) is 0 Å². The van der Waals surface area contributed by atoms with E-state index in [9.17, 15) is 0 Å². The maximum absolute atomic E-state index is 5.88. The van der Waals surface area contributed by atoms with Gasteiger partial charge in [-0.1, -0.05) is 66.7 Å². The van der Waals surface area contributed by atoms with E-state index in [4.69, 9.17) is 4.74 Å². The second kappa shape index (κ2) is 7.75. The molecule has 0 amide bonds. The molecule has 4 rings (SSSR count). The molecule has 0 aliphatic carbocycles. The molecular formula is C24H20N2O. The number of nitrogens with zero attached hydrogens (tertiary/aromatic N) is 1. The highest BCUT2D eigenvalue weighted by atomic mass is 16.5. The number of nitrogens with one attached hydrogen (secondary N) is 1. The van der Waals surface area contributed by atoms with Crippen molar-refractivity contribution in [1.29, 1.82) is 0 Å². The average Bonchev–Trinajstić information content (AvgIpc) is 2.75. The van der Waals surface area contributed by atoms with Gasteiger partial charge in [-0.25, -0.2) is 0 Å². The first-order valence-corrected chi connectivity index (χ1v) is 8.85. The summed E-state index contributed by atoms with van der Waals surface area (Å²) < 4.78 is 5.88. The van der Waals surface area contributed by atoms with Gasteiger partial charge in [-0.05, 0) is 34.9 Å². The van der Waals surface area contributed by atoms with Crippen molar-refractivity contribution in [3.05, 3.63) is 97.3 Å². The predicted molar refractivity (Wildman–Crippen MR) is 111 cm³/mol. The van der Waals surface area contributed by atoms with Crippen LogP contribution in [0.25, 0.3) is 22.3 Å². The van der Waals surface area contributed by atoms with Crippen molar-refractivity contribution in [3.8, 4) is 28.0 Å². The van der Waals surface area contributed by atoms with Crippen molar-refractivity contribution in [2.75, 3.05) is 12.4 Å². The number of hydrogen-bond donors (Lipinski definition) is 1. The van der Waals surface area contributed by atoms with Crippen molar-refractivity contribution in [2.24, 2.45) is 0 Å². The van der Waals surface area contributed by atoms with Crippen LogP contribution < -0.4 is 10.1 Å². The maximum Gasteiger partial charge on any atom is 0.150 e. The summed E-state index contributed by atoms with van der Waals surface area (Å²) in [4.78, 5) is 4.18. The zero-order valence-electron chi connectivity index (χ0n) is 15.1. The molecule has 4 aromatic rings. The summed E-state index contributed by atoms with van der Waals surface area (Å²) in [6, 6.07) is 28.8. The number of benzene rings is 3. The molecule has 0 saturated carbocycles. The fourth-order valence-corrected chi connectivity index (χ4v) is 3.24. The molecule has 0 saturated heterocycles. The third-order valence-electron chi connectivity index (χ3n) is 4.45. The first-order valence-electron chi connectivity index (χ1n) is 8.85. The van der Waals surface area contributed by atoms with Crippen molar-refractivity contribution in [2.45, 2.75) is 0 Å². The molecule has 0 bridgehead atoms. The maximum atomic E-state index is 5.88. The van der Waals surface area contributed by atoms with Gasteiger partial charge in [-0.15, -0.1) is 0 Å². The molecule has 1 N–H and O–H groups in total. The smallest absolute Gasteiger partial charge is 0.150 e. The zero-order valence-corrected chi connectivity index (χ0v) is 15.1. The molecule has 0 fully saturated rings. The summed E-state index contributed by atoms with van der Waals surface area (Å²) in [5.74, 6) is 0.811. The van der Waals surface area contributed by atoms with Gasteiger partial charge in [-0.2, -0.15) is 0 Å². The van der Waals surface area contributed by atoms with Crippen molar-refractivity contribution < 1.29 is 4.74 Å². The van der Waals surface area contributed by atoms with E-state index in [-0.39, 0.29) is 0 Å². The molecule has 3 aromatic carbocycles. The molecule has 0 radical (unpaired) electrons. The molecule has 1 aromatic heterocycles. The number of hydrogen-bond acceptors (Lipinski definition) is 3. The molecule has 0 atom stereocenters. The summed E-state index contributed by atoms with van der Waals surface area (Å²) in [7, 11) is 1.71. The van der Waals surface area contributed by atoms with Gasteiger partial charge in [0.05, 0.1) is 24.7 Å². The molecule has 0 spiro atoms. The molecule has 1 heterocycles. The lowest BCUT2D eigenvalue weighted by molar-refractivity contribution is 0.418. The lowest BCUT2D eigenvalue weighted by atomic mass is 9.93. The molecule has 0 unspecified atom stereocenters. The highest BCUT2D eigenvalue weighted by Gasteiger charge is 2.17. The normalized spacial score (nSPS) is 10.4. The Labute approximate surface area is 159 Å². The Kier molecular flexibility index (Phi) is 4.84. The lowest BCUT2D eigenvalue weighted by Gasteiger charge is -2.19. The summed E-state index contributed by atoms with van der Waals surface area (Å²) in [5, 5.41) is 3.42. The van der Waals surface area contributed by atoms with Crippen LogP contribution in [-0.2, 0) is 0 Å². The van der Waals surface area contributed by atoms with E-state index in [0.717, 1.165) is 39.4 Å². The number of anilines is 2. The van der Waals surface area contributed by atoms with Crippen molar-refractivity contribution in [1.82, 2.24) is 4.98 Å². The first kappa shape index (κ1) is 16.9. The lowest BCUT2D eigenvalue weighted by Crippen LogP contribution is -1.99. The summed E-state index contributed by atoms with van der Waals surface area (Å²) in [6.45, 7) is 0. The summed E-state index contributed by atoms with van der Waals surface area (Å²) in [5.41, 5.74) is 6.30.